The molecular weight excluding hydrogens is 176 g/mol. The van der Waals surface area contributed by atoms with Crippen LogP contribution in [0.3, 0.4) is 0 Å². The van der Waals surface area contributed by atoms with Crippen molar-refractivity contribution in [2.75, 3.05) is 0 Å². The van der Waals surface area contributed by atoms with Crippen LogP contribution in [0.5, 0.6) is 0 Å². The fourth-order valence-corrected chi connectivity index (χ4v) is 1.69. The van der Waals surface area contributed by atoms with E-state index in [2.05, 4.69) is 4.98 Å². The molecule has 3 heteroatoms. The van der Waals surface area contributed by atoms with Crippen molar-refractivity contribution in [3.8, 4) is 0 Å². The molecule has 1 amide bonds. The van der Waals surface area contributed by atoms with Gasteiger partial charge in [0.1, 0.15) is 5.69 Å². The summed E-state index contributed by atoms with van der Waals surface area (Å²) >= 11 is 0. The van der Waals surface area contributed by atoms with E-state index in [-0.39, 0.29) is 0 Å². The van der Waals surface area contributed by atoms with E-state index in [9.17, 15) is 4.79 Å². The molecule has 3 nitrogen and oxygen atoms in total. The van der Waals surface area contributed by atoms with Gasteiger partial charge in [-0.15, -0.1) is 0 Å². The van der Waals surface area contributed by atoms with E-state index in [1.165, 1.54) is 5.56 Å². The van der Waals surface area contributed by atoms with Gasteiger partial charge in [0.25, 0.3) is 5.91 Å². The minimum absolute atomic E-state index is 0.406. The highest BCUT2D eigenvalue weighted by molar-refractivity contribution is 6.00. The number of nitrogens with one attached hydrogen (secondary N) is 1. The first-order chi connectivity index (χ1) is 6.59. The summed E-state index contributed by atoms with van der Waals surface area (Å²) in [5, 5.41) is 1.07. The zero-order valence-electron chi connectivity index (χ0n) is 8.22. The number of fused-ring (bicyclic) bond motifs is 1. The first kappa shape index (κ1) is 8.81. The Balaban J connectivity index is 2.80. The second-order valence-corrected chi connectivity index (χ2v) is 3.54. The van der Waals surface area contributed by atoms with E-state index in [0.717, 1.165) is 16.5 Å². The molecule has 0 aliphatic heterocycles. The Bertz CT molecular complexity index is 511. The number of nitrogens with two attached hydrogens (primary N) is 1. The molecule has 72 valence electrons. The predicted molar refractivity (Wildman–Crippen MR) is 56.3 cm³/mol. The number of carbonyl (C=O) groups is 1. The molecular formula is C11H12N2O. The molecule has 3 N–H and O–H groups in total. The first-order valence-corrected chi connectivity index (χ1v) is 4.48. The largest absolute Gasteiger partial charge is 0.364 e. The maximum Gasteiger partial charge on any atom is 0.265 e. The summed E-state index contributed by atoms with van der Waals surface area (Å²) < 4.78 is 0. The molecule has 0 aliphatic rings. The summed E-state index contributed by atoms with van der Waals surface area (Å²) in [6.45, 7) is 3.92. The number of hydrogen-bond acceptors (Lipinski definition) is 1. The van der Waals surface area contributed by atoms with Crippen LogP contribution in [0.15, 0.2) is 18.2 Å². The highest BCUT2D eigenvalue weighted by Gasteiger charge is 2.11. The number of amides is 1. The third-order valence-electron chi connectivity index (χ3n) is 2.46. The molecule has 0 aliphatic carbocycles. The summed E-state index contributed by atoms with van der Waals surface area (Å²) in [6, 6.07) is 6.01. The average molecular weight is 188 g/mol. The van der Waals surface area contributed by atoms with Crippen LogP contribution in [-0.4, -0.2) is 10.9 Å². The number of hydrogen-bond donors (Lipinski definition) is 2. The minimum atomic E-state index is -0.406. The van der Waals surface area contributed by atoms with Gasteiger partial charge in [-0.3, -0.25) is 4.79 Å². The number of primary amides is 1. The number of aromatic amines is 1. The lowest BCUT2D eigenvalue weighted by atomic mass is 10.1. The van der Waals surface area contributed by atoms with Gasteiger partial charge in [-0.05, 0) is 31.5 Å². The van der Waals surface area contributed by atoms with Gasteiger partial charge in [0, 0.05) is 10.9 Å². The van der Waals surface area contributed by atoms with Crippen LogP contribution in [0.2, 0.25) is 0 Å². The molecule has 0 bridgehead atoms. The molecule has 14 heavy (non-hydrogen) atoms. The quantitative estimate of drug-likeness (QED) is 0.705. The van der Waals surface area contributed by atoms with Crippen molar-refractivity contribution < 1.29 is 4.79 Å². The van der Waals surface area contributed by atoms with Crippen LogP contribution in [0.25, 0.3) is 10.9 Å². The first-order valence-electron chi connectivity index (χ1n) is 4.48. The zero-order chi connectivity index (χ0) is 10.3. The van der Waals surface area contributed by atoms with Gasteiger partial charge in [0.2, 0.25) is 0 Å². The van der Waals surface area contributed by atoms with E-state index < -0.39 is 5.91 Å². The van der Waals surface area contributed by atoms with Crippen LogP contribution in [0.1, 0.15) is 21.6 Å². The molecule has 2 rings (SSSR count). The van der Waals surface area contributed by atoms with Crippen molar-refractivity contribution in [1.29, 1.82) is 0 Å². The lowest BCUT2D eigenvalue weighted by Gasteiger charge is -1.93. The van der Waals surface area contributed by atoms with Gasteiger partial charge in [0.15, 0.2) is 0 Å². The number of carbonyl (C=O) groups excluding carboxylic acids is 1. The summed E-state index contributed by atoms with van der Waals surface area (Å²) in [5.74, 6) is -0.406. The van der Waals surface area contributed by atoms with Crippen molar-refractivity contribution in [2.24, 2.45) is 5.73 Å². The summed E-state index contributed by atoms with van der Waals surface area (Å²) in [4.78, 5) is 14.1. The van der Waals surface area contributed by atoms with Crippen LogP contribution >= 0.6 is 0 Å². The Morgan fingerprint density at radius 1 is 1.36 bits per heavy atom. The van der Waals surface area contributed by atoms with Gasteiger partial charge in [0.05, 0.1) is 0 Å². The van der Waals surface area contributed by atoms with Crippen molar-refractivity contribution in [1.82, 2.24) is 4.98 Å². The second kappa shape index (κ2) is 2.87. The average Bonchev–Trinajstić information content (AvgIpc) is 2.44. The molecule has 0 saturated heterocycles. The van der Waals surface area contributed by atoms with Gasteiger partial charge in [-0.2, -0.15) is 0 Å². The smallest absolute Gasteiger partial charge is 0.265 e. The Morgan fingerprint density at radius 2 is 2.07 bits per heavy atom. The van der Waals surface area contributed by atoms with Gasteiger partial charge >= 0.3 is 0 Å². The Hall–Kier alpha value is -1.77. The van der Waals surface area contributed by atoms with Gasteiger partial charge < -0.3 is 10.7 Å². The summed E-state index contributed by atoms with van der Waals surface area (Å²) in [5.41, 5.74) is 8.82. The molecule has 1 aromatic heterocycles. The maximum atomic E-state index is 11.1. The Labute approximate surface area is 81.9 Å². The fraction of sp³-hybridized carbons (Fsp3) is 0.182. The number of H-pyrrole nitrogens is 1. The molecule has 0 radical (unpaired) electrons. The number of aryl methyl sites for hydroxylation is 2. The summed E-state index contributed by atoms with van der Waals surface area (Å²) in [6.07, 6.45) is 0. The minimum Gasteiger partial charge on any atom is -0.364 e. The predicted octanol–water partition coefficient (Wildman–Crippen LogP) is 1.88. The zero-order valence-corrected chi connectivity index (χ0v) is 8.22. The molecule has 0 fully saturated rings. The van der Waals surface area contributed by atoms with Crippen molar-refractivity contribution in [3.63, 3.8) is 0 Å². The monoisotopic (exact) mass is 188 g/mol. The standard InChI is InChI=1S/C11H12N2O/c1-6-3-4-9-8(5-6)7(2)10(13-9)11(12)14/h3-5,13H,1-2H3,(H2,12,14). The Morgan fingerprint density at radius 3 is 2.71 bits per heavy atom. The second-order valence-electron chi connectivity index (χ2n) is 3.54. The third kappa shape index (κ3) is 1.18. The SMILES string of the molecule is Cc1ccc2[nH]c(C(N)=O)c(C)c2c1. The van der Waals surface area contributed by atoms with E-state index >= 15 is 0 Å². The van der Waals surface area contributed by atoms with Crippen LogP contribution in [0, 0.1) is 13.8 Å². The highest BCUT2D eigenvalue weighted by atomic mass is 16.1. The normalized spacial score (nSPS) is 10.7. The fourth-order valence-electron chi connectivity index (χ4n) is 1.69. The molecule has 0 atom stereocenters. The summed E-state index contributed by atoms with van der Waals surface area (Å²) in [7, 11) is 0. The molecule has 0 spiro atoms. The number of benzene rings is 1. The van der Waals surface area contributed by atoms with Crippen LogP contribution in [-0.2, 0) is 0 Å². The topological polar surface area (TPSA) is 58.9 Å². The maximum absolute atomic E-state index is 11.1. The molecule has 1 heterocycles. The van der Waals surface area contributed by atoms with Gasteiger partial charge in [-0.25, -0.2) is 0 Å². The molecule has 1 aromatic carbocycles. The molecule has 2 aromatic rings. The lowest BCUT2D eigenvalue weighted by Crippen LogP contribution is -2.12. The molecule has 0 unspecified atom stereocenters. The van der Waals surface area contributed by atoms with E-state index in [0.29, 0.717) is 5.69 Å². The Kier molecular flexibility index (Phi) is 1.81. The molecule has 0 saturated carbocycles. The van der Waals surface area contributed by atoms with Crippen molar-refractivity contribution in [2.45, 2.75) is 13.8 Å². The number of rotatable bonds is 1. The lowest BCUT2D eigenvalue weighted by molar-refractivity contribution is 0.0996. The van der Waals surface area contributed by atoms with Crippen molar-refractivity contribution in [3.05, 3.63) is 35.0 Å². The van der Waals surface area contributed by atoms with E-state index in [1.54, 1.807) is 0 Å². The van der Waals surface area contributed by atoms with Crippen LogP contribution < -0.4 is 5.73 Å². The van der Waals surface area contributed by atoms with Gasteiger partial charge in [-0.1, -0.05) is 11.6 Å². The van der Waals surface area contributed by atoms with Crippen LogP contribution in [0.4, 0.5) is 0 Å². The van der Waals surface area contributed by atoms with E-state index in [4.69, 9.17) is 5.73 Å². The highest BCUT2D eigenvalue weighted by Crippen LogP contribution is 2.22. The number of aromatic nitrogens is 1. The third-order valence-corrected chi connectivity index (χ3v) is 2.46. The van der Waals surface area contributed by atoms with Crippen molar-refractivity contribution >= 4 is 16.8 Å². The van der Waals surface area contributed by atoms with E-state index in [1.807, 2.05) is 32.0 Å².